The first-order valence-corrected chi connectivity index (χ1v) is 5.06. The molecular formula is C10H16O7. The van der Waals surface area contributed by atoms with Crippen LogP contribution in [0.3, 0.4) is 0 Å². The summed E-state index contributed by atoms with van der Waals surface area (Å²) in [4.78, 5) is 31.8. The fourth-order valence-electron chi connectivity index (χ4n) is 0.853. The van der Waals surface area contributed by atoms with Crippen LogP contribution in [0.1, 0.15) is 12.8 Å². The molecule has 0 aromatic rings. The second kappa shape index (κ2) is 9.73. The normalized spacial score (nSPS) is 9.94. The zero-order valence-electron chi connectivity index (χ0n) is 9.64. The van der Waals surface area contributed by atoms with Crippen molar-refractivity contribution >= 4 is 17.7 Å². The molecule has 0 fully saturated rings. The average Bonchev–Trinajstić information content (AvgIpc) is 2.30. The highest BCUT2D eigenvalue weighted by Crippen LogP contribution is 1.95. The Bertz CT molecular complexity index is 261. The monoisotopic (exact) mass is 248 g/mol. The van der Waals surface area contributed by atoms with Crippen molar-refractivity contribution in [2.24, 2.45) is 0 Å². The number of ether oxygens (including phenoxy) is 3. The van der Waals surface area contributed by atoms with Crippen LogP contribution >= 0.6 is 0 Å². The van der Waals surface area contributed by atoms with Crippen LogP contribution in [0, 0.1) is 0 Å². The largest absolute Gasteiger partial charge is 0.476 e. The molecule has 0 aromatic heterocycles. The summed E-state index contributed by atoms with van der Waals surface area (Å²) in [6.07, 6.45) is -0.581. The first-order valence-electron chi connectivity index (χ1n) is 5.06. The minimum atomic E-state index is -1.54. The lowest BCUT2D eigenvalue weighted by Gasteiger charge is -2.05. The van der Waals surface area contributed by atoms with Crippen LogP contribution in [-0.4, -0.2) is 56.4 Å². The Kier molecular flexibility index (Phi) is 8.89. The van der Waals surface area contributed by atoms with E-state index in [1.807, 2.05) is 0 Å². The first kappa shape index (κ1) is 15.5. The number of carboxylic acids is 1. The van der Waals surface area contributed by atoms with Crippen LogP contribution in [-0.2, 0) is 28.6 Å². The van der Waals surface area contributed by atoms with Crippen molar-refractivity contribution in [3.63, 3.8) is 0 Å². The van der Waals surface area contributed by atoms with E-state index in [9.17, 15) is 14.4 Å². The molecule has 0 rings (SSSR count). The fourth-order valence-corrected chi connectivity index (χ4v) is 0.853. The maximum atomic E-state index is 11.0. The highest BCUT2D eigenvalue weighted by Gasteiger charge is 2.13. The van der Waals surface area contributed by atoms with Gasteiger partial charge in [0.15, 0.2) is 0 Å². The van der Waals surface area contributed by atoms with E-state index >= 15 is 0 Å². The molecule has 0 spiro atoms. The maximum absolute atomic E-state index is 11.0. The van der Waals surface area contributed by atoms with E-state index in [-0.39, 0.29) is 26.1 Å². The molecule has 7 heteroatoms. The number of carbonyl (C=O) groups excluding carboxylic acids is 2. The van der Waals surface area contributed by atoms with E-state index in [1.54, 1.807) is 7.11 Å². The van der Waals surface area contributed by atoms with E-state index in [4.69, 9.17) is 19.3 Å². The molecule has 0 bridgehead atoms. The van der Waals surface area contributed by atoms with Gasteiger partial charge in [0.25, 0.3) is 0 Å². The molecular weight excluding hydrogens is 232 g/mol. The van der Waals surface area contributed by atoms with E-state index in [1.165, 1.54) is 0 Å². The minimum absolute atomic E-state index is 0.0732. The number of rotatable bonds is 10. The maximum Gasteiger partial charge on any atom is 0.372 e. The molecule has 0 aliphatic rings. The Morgan fingerprint density at radius 3 is 2.24 bits per heavy atom. The summed E-state index contributed by atoms with van der Waals surface area (Å²) < 4.78 is 14.5. The SMILES string of the molecule is COCCOCCOC(=O)CCC(=O)C(=O)O. The van der Waals surface area contributed by atoms with Crippen LogP contribution in [0.4, 0.5) is 0 Å². The van der Waals surface area contributed by atoms with Gasteiger partial charge in [0.1, 0.15) is 6.61 Å². The lowest BCUT2D eigenvalue weighted by atomic mass is 10.2. The third-order valence-electron chi connectivity index (χ3n) is 1.72. The van der Waals surface area contributed by atoms with E-state index in [2.05, 4.69) is 0 Å². The summed E-state index contributed by atoms with van der Waals surface area (Å²) in [6, 6.07) is 0. The molecule has 0 aliphatic carbocycles. The Hall–Kier alpha value is -1.47. The Labute approximate surface area is 98.6 Å². The summed E-state index contributed by atoms with van der Waals surface area (Å²) >= 11 is 0. The Morgan fingerprint density at radius 2 is 1.65 bits per heavy atom. The lowest BCUT2D eigenvalue weighted by molar-refractivity contribution is -0.151. The molecule has 0 heterocycles. The molecule has 0 saturated carbocycles. The average molecular weight is 248 g/mol. The number of ketones is 1. The van der Waals surface area contributed by atoms with Crippen molar-refractivity contribution < 1.29 is 33.7 Å². The molecule has 0 radical (unpaired) electrons. The number of methoxy groups -OCH3 is 1. The van der Waals surface area contributed by atoms with Gasteiger partial charge < -0.3 is 19.3 Å². The number of hydrogen-bond acceptors (Lipinski definition) is 6. The van der Waals surface area contributed by atoms with Crippen LogP contribution in [0.15, 0.2) is 0 Å². The molecule has 1 N–H and O–H groups in total. The molecule has 0 amide bonds. The van der Waals surface area contributed by atoms with Gasteiger partial charge in [0, 0.05) is 13.5 Å². The summed E-state index contributed by atoms with van der Waals surface area (Å²) in [6.45, 7) is 1.18. The van der Waals surface area contributed by atoms with Crippen LogP contribution < -0.4 is 0 Å². The number of esters is 1. The molecule has 98 valence electrons. The second-order valence-corrected chi connectivity index (χ2v) is 3.05. The van der Waals surface area contributed by atoms with Crippen molar-refractivity contribution in [2.45, 2.75) is 12.8 Å². The quantitative estimate of drug-likeness (QED) is 0.320. The van der Waals surface area contributed by atoms with Crippen molar-refractivity contribution in [1.82, 2.24) is 0 Å². The summed E-state index contributed by atoms with van der Waals surface area (Å²) in [7, 11) is 1.54. The van der Waals surface area contributed by atoms with Gasteiger partial charge in [-0.3, -0.25) is 9.59 Å². The smallest absolute Gasteiger partial charge is 0.372 e. The van der Waals surface area contributed by atoms with Gasteiger partial charge in [0.2, 0.25) is 5.78 Å². The topological polar surface area (TPSA) is 99.1 Å². The highest BCUT2D eigenvalue weighted by atomic mass is 16.6. The lowest BCUT2D eigenvalue weighted by Crippen LogP contribution is -2.16. The van der Waals surface area contributed by atoms with Crippen LogP contribution in [0.25, 0.3) is 0 Å². The second-order valence-electron chi connectivity index (χ2n) is 3.05. The molecule has 0 atom stereocenters. The first-order chi connectivity index (χ1) is 8.07. The van der Waals surface area contributed by atoms with Gasteiger partial charge in [-0.15, -0.1) is 0 Å². The van der Waals surface area contributed by atoms with Gasteiger partial charge in [-0.25, -0.2) is 4.79 Å². The third-order valence-corrected chi connectivity index (χ3v) is 1.72. The standard InChI is InChI=1S/C10H16O7/c1-15-4-5-16-6-7-17-9(12)3-2-8(11)10(13)14/h2-7H2,1H3,(H,13,14). The van der Waals surface area contributed by atoms with Gasteiger partial charge in [-0.2, -0.15) is 0 Å². The molecule has 7 nitrogen and oxygen atoms in total. The van der Waals surface area contributed by atoms with Crippen molar-refractivity contribution in [1.29, 1.82) is 0 Å². The minimum Gasteiger partial charge on any atom is -0.476 e. The zero-order chi connectivity index (χ0) is 13.1. The predicted octanol–water partition coefficient (Wildman–Crippen LogP) is -0.373. The van der Waals surface area contributed by atoms with Gasteiger partial charge in [-0.05, 0) is 0 Å². The van der Waals surface area contributed by atoms with Crippen molar-refractivity contribution in [3.8, 4) is 0 Å². The van der Waals surface area contributed by atoms with Gasteiger partial charge >= 0.3 is 11.9 Å². The van der Waals surface area contributed by atoms with Crippen LogP contribution in [0.5, 0.6) is 0 Å². The van der Waals surface area contributed by atoms with E-state index in [0.717, 1.165) is 0 Å². The molecule has 0 saturated heterocycles. The van der Waals surface area contributed by atoms with E-state index < -0.39 is 17.7 Å². The predicted molar refractivity (Wildman–Crippen MR) is 55.5 cm³/mol. The Balaban J connectivity index is 3.41. The molecule has 0 aliphatic heterocycles. The van der Waals surface area contributed by atoms with E-state index in [0.29, 0.717) is 13.2 Å². The number of hydrogen-bond donors (Lipinski definition) is 1. The molecule has 0 unspecified atom stereocenters. The molecule has 17 heavy (non-hydrogen) atoms. The Morgan fingerprint density at radius 1 is 1.00 bits per heavy atom. The fraction of sp³-hybridized carbons (Fsp3) is 0.700. The number of Topliss-reactive ketones (excluding diaryl/α,β-unsaturated/α-hetero) is 1. The van der Waals surface area contributed by atoms with Crippen LogP contribution in [0.2, 0.25) is 0 Å². The van der Waals surface area contributed by atoms with Crippen molar-refractivity contribution in [2.75, 3.05) is 33.5 Å². The third kappa shape index (κ3) is 9.46. The van der Waals surface area contributed by atoms with Gasteiger partial charge in [0.05, 0.1) is 26.2 Å². The number of carboxylic acid groups (broad SMARTS) is 1. The summed E-state index contributed by atoms with van der Waals surface area (Å²) in [5.74, 6) is -3.16. The van der Waals surface area contributed by atoms with Gasteiger partial charge in [-0.1, -0.05) is 0 Å². The summed E-state index contributed by atoms with van der Waals surface area (Å²) in [5.41, 5.74) is 0. The highest BCUT2D eigenvalue weighted by molar-refractivity contribution is 6.32. The summed E-state index contributed by atoms with van der Waals surface area (Å²) in [5, 5.41) is 8.26. The number of aliphatic carboxylic acids is 1. The number of carbonyl (C=O) groups is 3. The van der Waals surface area contributed by atoms with Crippen molar-refractivity contribution in [3.05, 3.63) is 0 Å². The zero-order valence-corrected chi connectivity index (χ0v) is 9.64. The molecule has 0 aromatic carbocycles.